The minimum Gasteiger partial charge on any atom is -0.493 e. The number of ether oxygens (including phenoxy) is 3. The quantitative estimate of drug-likeness (QED) is 0.730. The molecule has 2 rings (SSSR count). The fraction of sp³-hybridized carbons (Fsp3) is 0.385. The number of hydrogen-bond acceptors (Lipinski definition) is 3. The van der Waals surface area contributed by atoms with Gasteiger partial charge in [0.2, 0.25) is 5.75 Å². The maximum atomic E-state index is 5.84. The van der Waals surface area contributed by atoms with Crippen molar-refractivity contribution in [2.45, 2.75) is 18.9 Å². The summed E-state index contributed by atoms with van der Waals surface area (Å²) in [5.74, 6) is 2.21. The van der Waals surface area contributed by atoms with Crippen molar-refractivity contribution < 1.29 is 14.2 Å². The van der Waals surface area contributed by atoms with E-state index in [1.54, 1.807) is 14.2 Å². The zero-order valence-electron chi connectivity index (χ0n) is 9.66. The van der Waals surface area contributed by atoms with Crippen LogP contribution in [0.2, 0.25) is 0 Å². The highest BCUT2D eigenvalue weighted by Gasteiger charge is 2.27. The predicted octanol–water partition coefficient (Wildman–Crippen LogP) is 2.58. The van der Waals surface area contributed by atoms with E-state index in [1.807, 2.05) is 18.2 Å². The second-order valence-electron chi connectivity index (χ2n) is 3.76. The van der Waals surface area contributed by atoms with E-state index < -0.39 is 0 Å². The fourth-order valence-corrected chi connectivity index (χ4v) is 2.00. The molecule has 3 heteroatoms. The molecule has 0 amide bonds. The maximum absolute atomic E-state index is 5.84. The summed E-state index contributed by atoms with van der Waals surface area (Å²) in [4.78, 5) is 0. The highest BCUT2D eigenvalue weighted by Crippen LogP contribution is 2.44. The highest BCUT2D eigenvalue weighted by atomic mass is 16.5. The van der Waals surface area contributed by atoms with Crippen molar-refractivity contribution >= 4 is 0 Å². The SMILES string of the molecule is C=CCC1Cc2ccc(OC)c(OC)c2O1. The molecule has 0 saturated carbocycles. The molecule has 1 aromatic rings. The van der Waals surface area contributed by atoms with Gasteiger partial charge >= 0.3 is 0 Å². The predicted molar refractivity (Wildman–Crippen MR) is 62.5 cm³/mol. The van der Waals surface area contributed by atoms with Gasteiger partial charge in [-0.1, -0.05) is 12.1 Å². The molecule has 16 heavy (non-hydrogen) atoms. The Hall–Kier alpha value is -1.64. The summed E-state index contributed by atoms with van der Waals surface area (Å²) in [7, 11) is 3.25. The van der Waals surface area contributed by atoms with Crippen LogP contribution in [0, 0.1) is 0 Å². The zero-order chi connectivity index (χ0) is 11.5. The number of methoxy groups -OCH3 is 2. The van der Waals surface area contributed by atoms with E-state index in [9.17, 15) is 0 Å². The van der Waals surface area contributed by atoms with Crippen LogP contribution < -0.4 is 14.2 Å². The molecule has 1 aliphatic rings. The number of rotatable bonds is 4. The lowest BCUT2D eigenvalue weighted by atomic mass is 10.1. The molecule has 1 atom stereocenters. The first-order chi connectivity index (χ1) is 7.80. The summed E-state index contributed by atoms with van der Waals surface area (Å²) < 4.78 is 16.4. The average Bonchev–Trinajstić information content (AvgIpc) is 2.70. The van der Waals surface area contributed by atoms with Gasteiger partial charge in [0.1, 0.15) is 6.10 Å². The molecule has 1 aliphatic heterocycles. The fourth-order valence-electron chi connectivity index (χ4n) is 2.00. The van der Waals surface area contributed by atoms with Gasteiger partial charge in [-0.15, -0.1) is 6.58 Å². The van der Waals surface area contributed by atoms with Crippen molar-refractivity contribution in [1.82, 2.24) is 0 Å². The molecule has 1 unspecified atom stereocenters. The van der Waals surface area contributed by atoms with Gasteiger partial charge in [0.05, 0.1) is 14.2 Å². The van der Waals surface area contributed by atoms with Crippen molar-refractivity contribution in [3.63, 3.8) is 0 Å². The molecule has 0 radical (unpaired) electrons. The summed E-state index contributed by atoms with van der Waals surface area (Å²) >= 11 is 0. The second kappa shape index (κ2) is 4.47. The molecule has 1 heterocycles. The monoisotopic (exact) mass is 220 g/mol. The molecule has 0 N–H and O–H groups in total. The van der Waals surface area contributed by atoms with Gasteiger partial charge in [-0.05, 0) is 6.07 Å². The minimum atomic E-state index is 0.175. The third kappa shape index (κ3) is 1.73. The van der Waals surface area contributed by atoms with E-state index in [-0.39, 0.29) is 6.10 Å². The van der Waals surface area contributed by atoms with Gasteiger partial charge in [-0.3, -0.25) is 0 Å². The van der Waals surface area contributed by atoms with Crippen LogP contribution in [-0.4, -0.2) is 20.3 Å². The van der Waals surface area contributed by atoms with Crippen molar-refractivity contribution in [3.05, 3.63) is 30.4 Å². The van der Waals surface area contributed by atoms with Crippen molar-refractivity contribution in [1.29, 1.82) is 0 Å². The van der Waals surface area contributed by atoms with Gasteiger partial charge in [-0.25, -0.2) is 0 Å². The summed E-state index contributed by atoms with van der Waals surface area (Å²) in [5.41, 5.74) is 1.17. The van der Waals surface area contributed by atoms with E-state index in [1.165, 1.54) is 5.56 Å². The molecule has 0 spiro atoms. The molecule has 0 saturated heterocycles. The van der Waals surface area contributed by atoms with Gasteiger partial charge in [0.25, 0.3) is 0 Å². The van der Waals surface area contributed by atoms with Gasteiger partial charge in [-0.2, -0.15) is 0 Å². The summed E-state index contributed by atoms with van der Waals surface area (Å²) in [6.45, 7) is 3.73. The van der Waals surface area contributed by atoms with E-state index in [4.69, 9.17) is 14.2 Å². The van der Waals surface area contributed by atoms with Crippen molar-refractivity contribution in [2.75, 3.05) is 14.2 Å². The molecular weight excluding hydrogens is 204 g/mol. The zero-order valence-corrected chi connectivity index (χ0v) is 9.66. The molecule has 3 nitrogen and oxygen atoms in total. The second-order valence-corrected chi connectivity index (χ2v) is 3.76. The van der Waals surface area contributed by atoms with Crippen LogP contribution in [0.5, 0.6) is 17.2 Å². The van der Waals surface area contributed by atoms with E-state index in [2.05, 4.69) is 6.58 Å². The topological polar surface area (TPSA) is 27.7 Å². The Bertz CT molecular complexity index is 398. The van der Waals surface area contributed by atoms with E-state index in [0.29, 0.717) is 11.5 Å². The molecule has 0 fully saturated rings. The third-order valence-corrected chi connectivity index (χ3v) is 2.74. The molecule has 0 aliphatic carbocycles. The number of hydrogen-bond donors (Lipinski definition) is 0. The Morgan fingerprint density at radius 2 is 2.25 bits per heavy atom. The first kappa shape index (κ1) is 10.9. The standard InChI is InChI=1S/C13H16O3/c1-4-5-10-8-9-6-7-11(14-2)13(15-3)12(9)16-10/h4,6-7,10H,1,5,8H2,2-3H3. The van der Waals surface area contributed by atoms with E-state index >= 15 is 0 Å². The first-order valence-corrected chi connectivity index (χ1v) is 5.31. The smallest absolute Gasteiger partial charge is 0.203 e. The minimum absolute atomic E-state index is 0.175. The molecule has 0 aromatic heterocycles. The normalized spacial score (nSPS) is 17.5. The van der Waals surface area contributed by atoms with Crippen molar-refractivity contribution in [2.24, 2.45) is 0 Å². The first-order valence-electron chi connectivity index (χ1n) is 5.31. The van der Waals surface area contributed by atoms with Crippen LogP contribution in [-0.2, 0) is 6.42 Å². The van der Waals surface area contributed by atoms with Crippen LogP contribution in [0.3, 0.4) is 0 Å². The largest absolute Gasteiger partial charge is 0.493 e. The van der Waals surface area contributed by atoms with Crippen LogP contribution in [0.15, 0.2) is 24.8 Å². The van der Waals surface area contributed by atoms with Gasteiger partial charge < -0.3 is 14.2 Å². The van der Waals surface area contributed by atoms with E-state index in [0.717, 1.165) is 18.6 Å². The average molecular weight is 220 g/mol. The maximum Gasteiger partial charge on any atom is 0.203 e. The third-order valence-electron chi connectivity index (χ3n) is 2.74. The summed E-state index contributed by atoms with van der Waals surface area (Å²) in [5, 5.41) is 0. The Kier molecular flexibility index (Phi) is 3.04. The Balaban J connectivity index is 2.34. The molecule has 86 valence electrons. The Morgan fingerprint density at radius 3 is 2.88 bits per heavy atom. The molecule has 0 bridgehead atoms. The molecular formula is C13H16O3. The lowest BCUT2D eigenvalue weighted by Crippen LogP contribution is -2.11. The summed E-state index contributed by atoms with van der Waals surface area (Å²) in [6, 6.07) is 3.94. The molecule has 1 aromatic carbocycles. The lowest BCUT2D eigenvalue weighted by Gasteiger charge is -2.12. The van der Waals surface area contributed by atoms with Crippen LogP contribution in [0.1, 0.15) is 12.0 Å². The number of fused-ring (bicyclic) bond motifs is 1. The van der Waals surface area contributed by atoms with Crippen LogP contribution >= 0.6 is 0 Å². The number of benzene rings is 1. The van der Waals surface area contributed by atoms with Crippen LogP contribution in [0.25, 0.3) is 0 Å². The Morgan fingerprint density at radius 1 is 1.44 bits per heavy atom. The summed E-state index contributed by atoms with van der Waals surface area (Å²) in [6.07, 6.45) is 3.80. The lowest BCUT2D eigenvalue weighted by molar-refractivity contribution is 0.224. The highest BCUT2D eigenvalue weighted by molar-refractivity contribution is 5.57. The Labute approximate surface area is 95.6 Å². The van der Waals surface area contributed by atoms with Gasteiger partial charge in [0, 0.05) is 18.4 Å². The van der Waals surface area contributed by atoms with Crippen LogP contribution in [0.4, 0.5) is 0 Å². The van der Waals surface area contributed by atoms with Crippen molar-refractivity contribution in [3.8, 4) is 17.2 Å². The van der Waals surface area contributed by atoms with Gasteiger partial charge in [0.15, 0.2) is 11.5 Å².